The highest BCUT2D eigenvalue weighted by Crippen LogP contribution is 2.27. The average molecular weight is 315 g/mol. The summed E-state index contributed by atoms with van der Waals surface area (Å²) in [6.07, 6.45) is -1.51. The number of hydrogen-bond donors (Lipinski definition) is 3. The van der Waals surface area contributed by atoms with Gasteiger partial charge in [0, 0.05) is 0 Å². The van der Waals surface area contributed by atoms with Crippen molar-refractivity contribution in [2.45, 2.75) is 50.4 Å². The first kappa shape index (κ1) is 16.6. The summed E-state index contributed by atoms with van der Waals surface area (Å²) >= 11 is 0. The number of hydrogen-bond acceptors (Lipinski definition) is 8. The molecule has 0 spiro atoms. The highest BCUT2D eigenvalue weighted by molar-refractivity contribution is 5.99. The van der Waals surface area contributed by atoms with Gasteiger partial charge in [0.2, 0.25) is 11.9 Å². The fraction of sp³-hybridized carbons (Fsp3) is 0.769. The van der Waals surface area contributed by atoms with Crippen molar-refractivity contribution in [1.29, 1.82) is 0 Å². The zero-order chi connectivity index (χ0) is 16.5. The van der Waals surface area contributed by atoms with E-state index in [1.54, 1.807) is 6.92 Å². The van der Waals surface area contributed by atoms with Crippen LogP contribution in [0.1, 0.15) is 20.3 Å². The number of aliphatic hydroxyl groups excluding tert-OH is 2. The van der Waals surface area contributed by atoms with Crippen LogP contribution in [0.3, 0.4) is 0 Å². The summed E-state index contributed by atoms with van der Waals surface area (Å²) in [5, 5.41) is 19.6. The summed E-state index contributed by atoms with van der Waals surface area (Å²) in [5.41, 5.74) is 3.59. The molecule has 4 N–H and O–H groups in total. The van der Waals surface area contributed by atoms with Crippen molar-refractivity contribution < 1.29 is 19.3 Å². The maximum Gasteiger partial charge on any atom is 0.220 e. The van der Waals surface area contributed by atoms with Gasteiger partial charge in [-0.1, -0.05) is 6.92 Å². The van der Waals surface area contributed by atoms with Gasteiger partial charge in [0.1, 0.15) is 6.10 Å². The topological polar surface area (TPSA) is 116 Å². The molecule has 0 saturated heterocycles. The van der Waals surface area contributed by atoms with Crippen LogP contribution in [0.4, 0.5) is 4.39 Å². The molecule has 0 aromatic carbocycles. The predicted octanol–water partition coefficient (Wildman–Crippen LogP) is -0.742. The van der Waals surface area contributed by atoms with Gasteiger partial charge in [-0.25, -0.2) is 9.38 Å². The Morgan fingerprint density at radius 1 is 1.55 bits per heavy atom. The van der Waals surface area contributed by atoms with E-state index in [1.807, 2.05) is 0 Å². The summed E-state index contributed by atoms with van der Waals surface area (Å²) in [5.74, 6) is 0.342. The van der Waals surface area contributed by atoms with Gasteiger partial charge in [0.15, 0.2) is 17.9 Å². The van der Waals surface area contributed by atoms with Crippen LogP contribution < -0.4 is 5.73 Å². The molecule has 22 heavy (non-hydrogen) atoms. The minimum absolute atomic E-state index is 0.0308. The minimum Gasteiger partial charge on any atom is -0.482 e. The molecule has 0 aromatic rings. The Labute approximate surface area is 128 Å². The van der Waals surface area contributed by atoms with Crippen molar-refractivity contribution in [1.82, 2.24) is 4.90 Å². The maximum atomic E-state index is 14.8. The first-order valence-electron chi connectivity index (χ1n) is 7.10. The van der Waals surface area contributed by atoms with E-state index in [0.29, 0.717) is 5.90 Å². The third kappa shape index (κ3) is 3.05. The Morgan fingerprint density at radius 2 is 2.23 bits per heavy atom. The lowest BCUT2D eigenvalue weighted by molar-refractivity contribution is -0.0820. The summed E-state index contributed by atoms with van der Waals surface area (Å²) in [6, 6.07) is -0.485. The quantitative estimate of drug-likeness (QED) is 0.618. The Balaban J connectivity index is 2.12. The average Bonchev–Trinajstić information content (AvgIpc) is 2.87. The third-order valence-electron chi connectivity index (χ3n) is 3.84. The third-order valence-corrected chi connectivity index (χ3v) is 3.84. The molecule has 0 bridgehead atoms. The molecule has 2 aliphatic heterocycles. The number of nitrogens with zero attached hydrogens (tertiary/aromatic N) is 4. The van der Waals surface area contributed by atoms with Gasteiger partial charge in [-0.2, -0.15) is 4.99 Å². The van der Waals surface area contributed by atoms with Gasteiger partial charge < -0.3 is 25.6 Å². The van der Waals surface area contributed by atoms with Crippen LogP contribution in [0.15, 0.2) is 15.0 Å². The smallest absolute Gasteiger partial charge is 0.220 e. The first-order chi connectivity index (χ1) is 10.3. The molecule has 8 nitrogen and oxygen atoms in total. The Bertz CT molecular complexity index is 508. The van der Waals surface area contributed by atoms with E-state index >= 15 is 0 Å². The number of fused-ring (bicyclic) bond motifs is 1. The molecule has 5 atom stereocenters. The van der Waals surface area contributed by atoms with Crippen LogP contribution in [0.25, 0.3) is 0 Å². The number of alkyl halides is 1. The molecule has 2 rings (SSSR count). The summed E-state index contributed by atoms with van der Waals surface area (Å²) < 4.78 is 19.9. The number of ether oxygens (including phenoxy) is 1. The van der Waals surface area contributed by atoms with Crippen molar-refractivity contribution >= 4 is 18.2 Å². The van der Waals surface area contributed by atoms with Crippen LogP contribution in [-0.4, -0.2) is 77.0 Å². The molecular weight excluding hydrogens is 293 g/mol. The second-order valence-electron chi connectivity index (χ2n) is 5.64. The first-order valence-corrected chi connectivity index (χ1v) is 7.10. The van der Waals surface area contributed by atoms with E-state index in [2.05, 4.69) is 15.0 Å². The fourth-order valence-corrected chi connectivity index (χ4v) is 2.54. The molecule has 0 fully saturated rings. The van der Waals surface area contributed by atoms with Gasteiger partial charge in [-0.05, 0) is 13.3 Å². The SMILES string of the molecule is CCC(O)C(O)C(C)(F)CN1C=NC2C(OC)=NC(N)=NC21. The van der Waals surface area contributed by atoms with E-state index in [-0.39, 0.29) is 18.9 Å². The number of halogens is 1. The lowest BCUT2D eigenvalue weighted by atomic mass is 9.94. The molecule has 2 aliphatic rings. The molecule has 2 heterocycles. The van der Waals surface area contributed by atoms with Crippen molar-refractivity contribution in [3.8, 4) is 0 Å². The van der Waals surface area contributed by atoms with Crippen LogP contribution in [0.5, 0.6) is 0 Å². The number of guanidine groups is 1. The predicted molar refractivity (Wildman–Crippen MR) is 80.7 cm³/mol. The van der Waals surface area contributed by atoms with Gasteiger partial charge in [0.05, 0.1) is 26.1 Å². The van der Waals surface area contributed by atoms with Gasteiger partial charge >= 0.3 is 0 Å². The highest BCUT2D eigenvalue weighted by Gasteiger charge is 2.44. The van der Waals surface area contributed by atoms with Gasteiger partial charge in [0.25, 0.3) is 0 Å². The molecule has 9 heteroatoms. The number of aliphatic hydroxyl groups is 2. The molecule has 0 amide bonds. The summed E-state index contributed by atoms with van der Waals surface area (Å²) in [7, 11) is 1.45. The minimum atomic E-state index is -2.04. The number of aliphatic imine (C=N–C) groups is 3. The monoisotopic (exact) mass is 315 g/mol. The van der Waals surface area contributed by atoms with E-state index in [1.165, 1.54) is 25.3 Å². The summed E-state index contributed by atoms with van der Waals surface area (Å²) in [6.45, 7) is 2.72. The standard InChI is InChI=1S/C13H22FN5O3/c1-4-7(20)9(21)13(2,14)5-19-6-16-8-10(19)17-12(15)18-11(8)22-3/h6-10,20-21H,4-5H2,1-3H3,(H2,15,17). The van der Waals surface area contributed by atoms with Gasteiger partial charge in [-0.3, -0.25) is 4.99 Å². The molecule has 124 valence electrons. The summed E-state index contributed by atoms with van der Waals surface area (Å²) in [4.78, 5) is 13.8. The second-order valence-corrected chi connectivity index (χ2v) is 5.64. The van der Waals surface area contributed by atoms with Gasteiger partial charge in [-0.15, -0.1) is 0 Å². The molecule has 5 unspecified atom stereocenters. The van der Waals surface area contributed by atoms with Crippen molar-refractivity contribution in [2.24, 2.45) is 20.7 Å². The highest BCUT2D eigenvalue weighted by atomic mass is 19.1. The van der Waals surface area contributed by atoms with Crippen LogP contribution in [0.2, 0.25) is 0 Å². The normalized spacial score (nSPS) is 29.3. The van der Waals surface area contributed by atoms with E-state index < -0.39 is 30.1 Å². The molecule has 0 radical (unpaired) electrons. The molecule has 0 saturated carbocycles. The zero-order valence-corrected chi connectivity index (χ0v) is 12.8. The van der Waals surface area contributed by atoms with Crippen molar-refractivity contribution in [3.05, 3.63) is 0 Å². The Kier molecular flexibility index (Phi) is 4.66. The molecular formula is C13H22FN5O3. The molecule has 0 aromatic heterocycles. The Hall–Kier alpha value is -1.74. The van der Waals surface area contributed by atoms with E-state index in [0.717, 1.165) is 0 Å². The van der Waals surface area contributed by atoms with Crippen LogP contribution >= 0.6 is 0 Å². The second kappa shape index (κ2) is 6.17. The van der Waals surface area contributed by atoms with Crippen molar-refractivity contribution in [2.75, 3.05) is 13.7 Å². The Morgan fingerprint density at radius 3 is 2.82 bits per heavy atom. The number of rotatable bonds is 5. The fourth-order valence-electron chi connectivity index (χ4n) is 2.54. The lowest BCUT2D eigenvalue weighted by Crippen LogP contribution is -2.53. The maximum absolute atomic E-state index is 14.8. The lowest BCUT2D eigenvalue weighted by Gasteiger charge is -2.35. The van der Waals surface area contributed by atoms with E-state index in [9.17, 15) is 14.6 Å². The van der Waals surface area contributed by atoms with E-state index in [4.69, 9.17) is 10.5 Å². The number of methoxy groups -OCH3 is 1. The zero-order valence-electron chi connectivity index (χ0n) is 12.8. The molecule has 0 aliphatic carbocycles. The largest absolute Gasteiger partial charge is 0.482 e. The van der Waals surface area contributed by atoms with Crippen LogP contribution in [-0.2, 0) is 4.74 Å². The van der Waals surface area contributed by atoms with Crippen LogP contribution in [0, 0.1) is 0 Å². The van der Waals surface area contributed by atoms with Crippen molar-refractivity contribution in [3.63, 3.8) is 0 Å². The number of nitrogens with two attached hydrogens (primary N) is 1.